The number of hydrogen-bond donors (Lipinski definition) is 3. The number of nitrogens with zero attached hydrogens (tertiary/aromatic N) is 2. The van der Waals surface area contributed by atoms with E-state index in [9.17, 15) is 4.79 Å². The fourth-order valence-electron chi connectivity index (χ4n) is 1.50. The van der Waals surface area contributed by atoms with Crippen LogP contribution in [0, 0.1) is 5.41 Å². The van der Waals surface area contributed by atoms with Crippen LogP contribution < -0.4 is 11.5 Å². The number of benzene rings is 1. The first kappa shape index (κ1) is 17.4. The van der Waals surface area contributed by atoms with Crippen molar-refractivity contribution >= 4 is 41.0 Å². The lowest BCUT2D eigenvalue weighted by Gasteiger charge is -2.06. The van der Waals surface area contributed by atoms with Gasteiger partial charge in [-0.2, -0.15) is 0 Å². The smallest absolute Gasteiger partial charge is 0.388 e. The Kier molecular flexibility index (Phi) is 6.27. The SMILES string of the molecule is C/C=C(\N=C(N=C(C)N)C(=N)OC(N)=O)c1cccc(Cl)c1. The van der Waals surface area contributed by atoms with E-state index in [1.54, 1.807) is 37.3 Å². The Balaban J connectivity index is 3.27. The van der Waals surface area contributed by atoms with Crippen molar-refractivity contribution in [1.82, 2.24) is 0 Å². The first-order valence-corrected chi connectivity index (χ1v) is 6.59. The van der Waals surface area contributed by atoms with E-state index in [1.165, 1.54) is 6.92 Å². The Hall–Kier alpha value is -2.67. The van der Waals surface area contributed by atoms with Crippen molar-refractivity contribution in [2.45, 2.75) is 13.8 Å². The van der Waals surface area contributed by atoms with E-state index in [0.29, 0.717) is 16.3 Å². The minimum Gasteiger partial charge on any atom is -0.388 e. The molecule has 7 nitrogen and oxygen atoms in total. The molecule has 0 bridgehead atoms. The molecular formula is C14H16ClN5O2. The topological polar surface area (TPSA) is 127 Å². The highest BCUT2D eigenvalue weighted by Crippen LogP contribution is 2.20. The molecule has 0 aliphatic carbocycles. The molecule has 0 radical (unpaired) electrons. The summed E-state index contributed by atoms with van der Waals surface area (Å²) < 4.78 is 4.49. The molecule has 0 heterocycles. The van der Waals surface area contributed by atoms with E-state index in [0.717, 1.165) is 0 Å². The molecule has 22 heavy (non-hydrogen) atoms. The van der Waals surface area contributed by atoms with Gasteiger partial charge in [-0.3, -0.25) is 5.41 Å². The third kappa shape index (κ3) is 5.37. The first-order chi connectivity index (χ1) is 10.3. The van der Waals surface area contributed by atoms with Crippen LogP contribution in [0.5, 0.6) is 0 Å². The van der Waals surface area contributed by atoms with E-state index >= 15 is 0 Å². The van der Waals surface area contributed by atoms with Gasteiger partial charge >= 0.3 is 6.09 Å². The molecule has 0 aromatic heterocycles. The summed E-state index contributed by atoms with van der Waals surface area (Å²) in [7, 11) is 0. The van der Waals surface area contributed by atoms with Gasteiger partial charge < -0.3 is 16.2 Å². The summed E-state index contributed by atoms with van der Waals surface area (Å²) in [6, 6.07) is 6.98. The molecule has 1 aromatic carbocycles. The molecule has 5 N–H and O–H groups in total. The normalized spacial score (nSPS) is 13.0. The summed E-state index contributed by atoms with van der Waals surface area (Å²) in [6.07, 6.45) is 0.567. The zero-order valence-corrected chi connectivity index (χ0v) is 12.9. The van der Waals surface area contributed by atoms with E-state index < -0.39 is 12.0 Å². The number of amides is 1. The number of primary amides is 1. The van der Waals surface area contributed by atoms with Gasteiger partial charge in [-0.15, -0.1) is 0 Å². The standard InChI is InChI=1S/C14H16ClN5O2/c1-3-11(9-5-4-6-10(15)7-9)20-13(19-8(2)16)12(17)22-14(18)21/h3-7,17H,1-2H3,(H2,18,21)(H2,16,19,20)/b11-3-,17-12?. The summed E-state index contributed by atoms with van der Waals surface area (Å²) in [5.41, 5.74) is 11.6. The quantitative estimate of drug-likeness (QED) is 0.572. The minimum atomic E-state index is -1.13. The number of nitrogens with two attached hydrogens (primary N) is 2. The van der Waals surface area contributed by atoms with Crippen molar-refractivity contribution in [2.24, 2.45) is 21.5 Å². The second-order valence-corrected chi connectivity index (χ2v) is 4.56. The Morgan fingerprint density at radius 1 is 1.36 bits per heavy atom. The van der Waals surface area contributed by atoms with Crippen molar-refractivity contribution in [2.75, 3.05) is 0 Å². The third-order valence-electron chi connectivity index (χ3n) is 2.31. The number of rotatable bonds is 2. The zero-order valence-electron chi connectivity index (χ0n) is 12.1. The van der Waals surface area contributed by atoms with Crippen LogP contribution in [-0.2, 0) is 4.74 Å². The molecule has 8 heteroatoms. The van der Waals surface area contributed by atoms with Gasteiger partial charge in [0, 0.05) is 10.6 Å². The number of amidine groups is 2. The predicted molar refractivity (Wildman–Crippen MR) is 88.2 cm³/mol. The average molecular weight is 322 g/mol. The van der Waals surface area contributed by atoms with Crippen LogP contribution in [0.3, 0.4) is 0 Å². The molecule has 0 atom stereocenters. The summed E-state index contributed by atoms with van der Waals surface area (Å²) in [4.78, 5) is 18.8. The second kappa shape index (κ2) is 7.94. The zero-order chi connectivity index (χ0) is 16.7. The van der Waals surface area contributed by atoms with Gasteiger partial charge in [0.15, 0.2) is 0 Å². The number of nitrogens with one attached hydrogen (secondary N) is 1. The molecule has 0 unspecified atom stereocenters. The molecule has 0 saturated heterocycles. The molecule has 116 valence electrons. The van der Waals surface area contributed by atoms with Crippen molar-refractivity contribution < 1.29 is 9.53 Å². The van der Waals surface area contributed by atoms with E-state index in [1.807, 2.05) is 0 Å². The lowest BCUT2D eigenvalue weighted by molar-refractivity contribution is 0.208. The lowest BCUT2D eigenvalue weighted by Crippen LogP contribution is -2.25. The molecule has 0 spiro atoms. The number of hydrogen-bond acceptors (Lipinski definition) is 4. The number of halogens is 1. The maximum Gasteiger partial charge on any atom is 0.411 e. The molecule has 0 fully saturated rings. The van der Waals surface area contributed by atoms with Gasteiger partial charge in [0.05, 0.1) is 11.5 Å². The monoisotopic (exact) mass is 321 g/mol. The Labute approximate surface area is 132 Å². The number of carbonyl (C=O) groups is 1. The second-order valence-electron chi connectivity index (χ2n) is 4.12. The molecule has 1 rings (SSSR count). The number of aliphatic imine (C=N–C) groups is 2. The van der Waals surface area contributed by atoms with Crippen LogP contribution in [0.2, 0.25) is 5.02 Å². The number of carbonyl (C=O) groups excluding carboxylic acids is 1. The maximum atomic E-state index is 10.8. The molecule has 1 amide bonds. The van der Waals surface area contributed by atoms with Crippen LogP contribution >= 0.6 is 11.6 Å². The van der Waals surface area contributed by atoms with Crippen LogP contribution in [0.4, 0.5) is 4.79 Å². The van der Waals surface area contributed by atoms with Crippen LogP contribution in [0.25, 0.3) is 5.70 Å². The average Bonchev–Trinajstić information content (AvgIpc) is 2.42. The Bertz CT molecular complexity index is 676. The number of ether oxygens (including phenoxy) is 1. The summed E-state index contributed by atoms with van der Waals surface area (Å²) in [5.74, 6) is -0.622. The highest BCUT2D eigenvalue weighted by Gasteiger charge is 2.13. The third-order valence-corrected chi connectivity index (χ3v) is 2.54. The van der Waals surface area contributed by atoms with Gasteiger partial charge in [-0.25, -0.2) is 14.8 Å². The van der Waals surface area contributed by atoms with Gasteiger partial charge in [0.25, 0.3) is 5.90 Å². The molecule has 0 aliphatic rings. The van der Waals surface area contributed by atoms with E-state index in [2.05, 4.69) is 14.7 Å². The molecule has 1 aromatic rings. The van der Waals surface area contributed by atoms with Gasteiger partial charge in [-0.05, 0) is 26.0 Å². The highest BCUT2D eigenvalue weighted by atomic mass is 35.5. The van der Waals surface area contributed by atoms with Gasteiger partial charge in [-0.1, -0.05) is 29.8 Å². The summed E-state index contributed by atoms with van der Waals surface area (Å²) in [6.45, 7) is 3.27. The highest BCUT2D eigenvalue weighted by molar-refractivity contribution is 6.40. The number of allylic oxidation sites excluding steroid dienone is 1. The maximum absolute atomic E-state index is 10.8. The van der Waals surface area contributed by atoms with E-state index in [4.69, 9.17) is 28.5 Å². The molecular weight excluding hydrogens is 306 g/mol. The van der Waals surface area contributed by atoms with Crippen molar-refractivity contribution in [3.63, 3.8) is 0 Å². The summed E-state index contributed by atoms with van der Waals surface area (Å²) in [5, 5.41) is 8.21. The first-order valence-electron chi connectivity index (χ1n) is 6.21. The summed E-state index contributed by atoms with van der Waals surface area (Å²) >= 11 is 5.95. The van der Waals surface area contributed by atoms with Crippen molar-refractivity contribution in [1.29, 1.82) is 5.41 Å². The minimum absolute atomic E-state index is 0.151. The van der Waals surface area contributed by atoms with Crippen LogP contribution in [0.15, 0.2) is 40.3 Å². The van der Waals surface area contributed by atoms with Gasteiger partial charge in [0.2, 0.25) is 5.84 Å². The largest absolute Gasteiger partial charge is 0.411 e. The molecule has 0 saturated carbocycles. The fraction of sp³-hybridized carbons (Fsp3) is 0.143. The lowest BCUT2D eigenvalue weighted by atomic mass is 10.1. The van der Waals surface area contributed by atoms with E-state index in [-0.39, 0.29) is 11.7 Å². The van der Waals surface area contributed by atoms with Crippen LogP contribution in [-0.4, -0.2) is 23.7 Å². The van der Waals surface area contributed by atoms with Crippen molar-refractivity contribution in [3.8, 4) is 0 Å². The van der Waals surface area contributed by atoms with Gasteiger partial charge in [0.1, 0.15) is 0 Å². The Morgan fingerprint density at radius 2 is 2.05 bits per heavy atom. The molecule has 0 aliphatic heterocycles. The predicted octanol–water partition coefficient (Wildman–Crippen LogP) is 2.55. The van der Waals surface area contributed by atoms with Crippen molar-refractivity contribution in [3.05, 3.63) is 40.9 Å². The Morgan fingerprint density at radius 3 is 2.55 bits per heavy atom. The van der Waals surface area contributed by atoms with Crippen LogP contribution in [0.1, 0.15) is 19.4 Å². The fourth-order valence-corrected chi connectivity index (χ4v) is 1.69.